The fourth-order valence-corrected chi connectivity index (χ4v) is 5.49. The maximum atomic E-state index is 13.8. The fourth-order valence-electron chi connectivity index (χ4n) is 5.49. The Balaban J connectivity index is 1.25. The Morgan fingerprint density at radius 2 is 1.86 bits per heavy atom. The van der Waals surface area contributed by atoms with E-state index in [4.69, 9.17) is 0 Å². The van der Waals surface area contributed by atoms with E-state index in [2.05, 4.69) is 10.3 Å². The number of fused-ring (bicyclic) bond motifs is 1. The second-order valence-corrected chi connectivity index (χ2v) is 10.3. The van der Waals surface area contributed by atoms with Crippen molar-refractivity contribution in [3.05, 3.63) is 77.7 Å². The van der Waals surface area contributed by atoms with E-state index in [9.17, 15) is 14.4 Å². The third-order valence-corrected chi connectivity index (χ3v) is 7.44. The molecule has 0 aliphatic carbocycles. The highest BCUT2D eigenvalue weighted by Crippen LogP contribution is 2.30. The van der Waals surface area contributed by atoms with Gasteiger partial charge in [0, 0.05) is 32.2 Å². The van der Waals surface area contributed by atoms with Gasteiger partial charge in [-0.15, -0.1) is 0 Å². The summed E-state index contributed by atoms with van der Waals surface area (Å²) in [6, 6.07) is 14.4. The number of rotatable bonds is 7. The molecule has 0 bridgehead atoms. The molecule has 0 spiro atoms. The lowest BCUT2D eigenvalue weighted by Gasteiger charge is -2.35. The molecule has 8 heteroatoms. The number of nitrogens with zero attached hydrogens (tertiary/aromatic N) is 4. The Bertz CT molecular complexity index is 1310. The van der Waals surface area contributed by atoms with Crippen molar-refractivity contribution >= 4 is 17.7 Å². The minimum atomic E-state index is -0.604. The van der Waals surface area contributed by atoms with E-state index in [-0.39, 0.29) is 23.6 Å². The molecule has 3 amide bonds. The Morgan fingerprint density at radius 3 is 2.54 bits per heavy atom. The van der Waals surface area contributed by atoms with E-state index in [0.29, 0.717) is 31.6 Å². The molecule has 1 saturated heterocycles. The number of amides is 3. The molecular weight excluding hydrogens is 466 g/mol. The molecular formula is C29H33N5O3. The van der Waals surface area contributed by atoms with Gasteiger partial charge in [-0.25, -0.2) is 4.98 Å². The summed E-state index contributed by atoms with van der Waals surface area (Å²) in [5.74, 6) is -0.486. The highest BCUT2D eigenvalue weighted by atomic mass is 16.2. The quantitative estimate of drug-likeness (QED) is 0.540. The Labute approximate surface area is 217 Å². The molecule has 0 saturated carbocycles. The number of likely N-dealkylation sites (tertiary alicyclic amines) is 1. The number of carbonyl (C=O) groups excluding carboxylic acids is 3. The second-order valence-electron chi connectivity index (χ2n) is 10.3. The van der Waals surface area contributed by atoms with Gasteiger partial charge in [-0.3, -0.25) is 14.4 Å². The lowest BCUT2D eigenvalue weighted by molar-refractivity contribution is -0.143. The second kappa shape index (κ2) is 10.2. The molecule has 1 aromatic heterocycles. The van der Waals surface area contributed by atoms with E-state index in [1.54, 1.807) is 16.1 Å². The molecule has 3 aromatic rings. The van der Waals surface area contributed by atoms with Crippen molar-refractivity contribution in [3.63, 3.8) is 0 Å². The van der Waals surface area contributed by atoms with Gasteiger partial charge >= 0.3 is 0 Å². The molecule has 37 heavy (non-hydrogen) atoms. The van der Waals surface area contributed by atoms with Crippen molar-refractivity contribution in [1.29, 1.82) is 0 Å². The van der Waals surface area contributed by atoms with Crippen molar-refractivity contribution in [3.8, 4) is 11.3 Å². The van der Waals surface area contributed by atoms with Crippen LogP contribution in [-0.2, 0) is 29.7 Å². The molecule has 2 atom stereocenters. The van der Waals surface area contributed by atoms with Crippen molar-refractivity contribution in [2.45, 2.75) is 51.9 Å². The van der Waals surface area contributed by atoms with Gasteiger partial charge in [-0.05, 0) is 41.5 Å². The monoisotopic (exact) mass is 499 g/mol. The minimum absolute atomic E-state index is 0.0759. The fraction of sp³-hybridized carbons (Fsp3) is 0.379. The van der Waals surface area contributed by atoms with Crippen LogP contribution in [0.2, 0.25) is 0 Å². The van der Waals surface area contributed by atoms with E-state index in [0.717, 1.165) is 28.8 Å². The highest BCUT2D eigenvalue weighted by Gasteiger charge is 2.43. The standard InChI is InChI=1S/C29H33N5O3/c1-19(2)26(34-17-22-7-4-5-8-23(22)28(34)36)29(37)33-14-6-9-24(33)27(35)31-15-20-10-12-21(13-11-20)25-16-30-18-32(25)3/h4-5,7-8,10-13,16,18-19,24,26H,6,9,14-15,17H2,1-3H3,(H,31,35). The van der Waals surface area contributed by atoms with Gasteiger partial charge in [0.2, 0.25) is 11.8 Å². The number of hydrogen-bond acceptors (Lipinski definition) is 4. The SMILES string of the molecule is CC(C)C(C(=O)N1CCCC1C(=O)NCc1ccc(-c2cncn2C)cc1)N1Cc2ccccc2C1=O. The molecule has 2 aliphatic heterocycles. The predicted molar refractivity (Wildman–Crippen MR) is 140 cm³/mol. The number of imidazole rings is 1. The number of nitrogens with one attached hydrogen (secondary N) is 1. The van der Waals surface area contributed by atoms with Crippen LogP contribution >= 0.6 is 0 Å². The summed E-state index contributed by atoms with van der Waals surface area (Å²) in [6.07, 6.45) is 4.97. The molecule has 8 nitrogen and oxygen atoms in total. The molecule has 5 rings (SSSR count). The first-order valence-corrected chi connectivity index (χ1v) is 12.9. The first-order valence-electron chi connectivity index (χ1n) is 12.9. The molecule has 3 heterocycles. The van der Waals surface area contributed by atoms with Crippen LogP contribution in [0.25, 0.3) is 11.3 Å². The first kappa shape index (κ1) is 24.7. The summed E-state index contributed by atoms with van der Waals surface area (Å²) in [4.78, 5) is 47.6. The summed E-state index contributed by atoms with van der Waals surface area (Å²) < 4.78 is 1.96. The zero-order valence-corrected chi connectivity index (χ0v) is 21.6. The number of carbonyl (C=O) groups is 3. The lowest BCUT2D eigenvalue weighted by atomic mass is 10.0. The predicted octanol–water partition coefficient (Wildman–Crippen LogP) is 3.37. The number of hydrogen-bond donors (Lipinski definition) is 1. The smallest absolute Gasteiger partial charge is 0.255 e. The van der Waals surface area contributed by atoms with Crippen LogP contribution in [-0.4, -0.2) is 55.7 Å². The van der Waals surface area contributed by atoms with E-state index < -0.39 is 12.1 Å². The average molecular weight is 500 g/mol. The molecule has 1 fully saturated rings. The van der Waals surface area contributed by atoms with E-state index in [1.807, 2.05) is 80.2 Å². The van der Waals surface area contributed by atoms with E-state index in [1.165, 1.54) is 0 Å². The zero-order valence-electron chi connectivity index (χ0n) is 21.6. The van der Waals surface area contributed by atoms with Gasteiger partial charge < -0.3 is 19.7 Å². The van der Waals surface area contributed by atoms with Crippen molar-refractivity contribution < 1.29 is 14.4 Å². The van der Waals surface area contributed by atoms with Gasteiger partial charge in [0.15, 0.2) is 0 Å². The number of aryl methyl sites for hydroxylation is 1. The average Bonchev–Trinajstić information content (AvgIpc) is 3.63. The van der Waals surface area contributed by atoms with E-state index >= 15 is 0 Å². The van der Waals surface area contributed by atoms with Gasteiger partial charge in [-0.2, -0.15) is 0 Å². The third kappa shape index (κ3) is 4.75. The van der Waals surface area contributed by atoms with Crippen molar-refractivity contribution in [2.24, 2.45) is 13.0 Å². The van der Waals surface area contributed by atoms with Crippen LogP contribution < -0.4 is 5.32 Å². The maximum Gasteiger partial charge on any atom is 0.255 e. The van der Waals surface area contributed by atoms with Crippen LogP contribution in [0.5, 0.6) is 0 Å². The number of benzene rings is 2. The third-order valence-electron chi connectivity index (χ3n) is 7.44. The molecule has 2 aliphatic rings. The number of aromatic nitrogens is 2. The zero-order chi connectivity index (χ0) is 26.1. The topological polar surface area (TPSA) is 87.5 Å². The molecule has 1 N–H and O–H groups in total. The van der Waals surface area contributed by atoms with Gasteiger partial charge in [-0.1, -0.05) is 56.3 Å². The Kier molecular flexibility index (Phi) is 6.82. The first-order chi connectivity index (χ1) is 17.8. The van der Waals surface area contributed by atoms with Gasteiger partial charge in [0.05, 0.1) is 18.2 Å². The molecule has 2 unspecified atom stereocenters. The lowest BCUT2D eigenvalue weighted by Crippen LogP contribution is -2.55. The van der Waals surface area contributed by atoms with Crippen LogP contribution in [0.4, 0.5) is 0 Å². The Morgan fingerprint density at radius 1 is 1.11 bits per heavy atom. The van der Waals surface area contributed by atoms with Crippen LogP contribution in [0.3, 0.4) is 0 Å². The van der Waals surface area contributed by atoms with Gasteiger partial charge in [0.25, 0.3) is 5.91 Å². The summed E-state index contributed by atoms with van der Waals surface area (Å²) in [7, 11) is 1.95. The van der Waals surface area contributed by atoms with Crippen LogP contribution in [0, 0.1) is 5.92 Å². The molecule has 192 valence electrons. The van der Waals surface area contributed by atoms with Crippen LogP contribution in [0.1, 0.15) is 48.2 Å². The van der Waals surface area contributed by atoms with Crippen molar-refractivity contribution in [1.82, 2.24) is 24.7 Å². The summed E-state index contributed by atoms with van der Waals surface area (Å²) >= 11 is 0. The van der Waals surface area contributed by atoms with Crippen molar-refractivity contribution in [2.75, 3.05) is 6.54 Å². The summed E-state index contributed by atoms with van der Waals surface area (Å²) in [5, 5.41) is 3.02. The summed E-state index contributed by atoms with van der Waals surface area (Å²) in [6.45, 7) is 5.24. The Hall–Kier alpha value is -3.94. The molecule has 2 aromatic carbocycles. The molecule has 0 radical (unpaired) electrons. The normalized spacial score (nSPS) is 17.8. The van der Waals surface area contributed by atoms with Crippen LogP contribution in [0.15, 0.2) is 61.1 Å². The largest absolute Gasteiger partial charge is 0.350 e. The van der Waals surface area contributed by atoms with Gasteiger partial charge in [0.1, 0.15) is 12.1 Å². The minimum Gasteiger partial charge on any atom is -0.350 e. The highest BCUT2D eigenvalue weighted by molar-refractivity contribution is 6.01. The summed E-state index contributed by atoms with van der Waals surface area (Å²) in [5.41, 5.74) is 4.66. The maximum absolute atomic E-state index is 13.8.